The normalized spacial score (nSPS) is 21.0. The van der Waals surface area contributed by atoms with Crippen molar-refractivity contribution in [1.82, 2.24) is 9.80 Å². The number of hydrogen-bond acceptors (Lipinski definition) is 3. The monoisotopic (exact) mass is 352 g/mol. The van der Waals surface area contributed by atoms with Gasteiger partial charge in [-0.15, -0.1) is 0 Å². The van der Waals surface area contributed by atoms with Gasteiger partial charge in [-0.05, 0) is 35.7 Å². The maximum atomic E-state index is 13.0. The molecule has 2 aliphatic heterocycles. The Kier molecular flexibility index (Phi) is 4.89. The highest BCUT2D eigenvalue weighted by atomic mass is 16.5. The lowest BCUT2D eigenvalue weighted by Gasteiger charge is -2.36. The minimum absolute atomic E-state index is 0.0234. The Hall–Kier alpha value is -2.40. The SMILES string of the molecule is O=C(c1ccc2ccccc2c1)N1CCCC(C(=O)N2CCOCC2)C1. The van der Waals surface area contributed by atoms with Crippen molar-refractivity contribution in [1.29, 1.82) is 0 Å². The largest absolute Gasteiger partial charge is 0.378 e. The summed E-state index contributed by atoms with van der Waals surface area (Å²) in [6, 6.07) is 13.9. The first-order valence-electron chi connectivity index (χ1n) is 9.37. The Morgan fingerprint density at radius 2 is 1.69 bits per heavy atom. The molecule has 1 unspecified atom stereocenters. The first kappa shape index (κ1) is 17.0. The lowest BCUT2D eigenvalue weighted by atomic mass is 9.95. The molecule has 2 heterocycles. The van der Waals surface area contributed by atoms with Crippen molar-refractivity contribution in [3.8, 4) is 0 Å². The van der Waals surface area contributed by atoms with Gasteiger partial charge >= 0.3 is 0 Å². The zero-order valence-electron chi connectivity index (χ0n) is 14.9. The molecule has 136 valence electrons. The number of morpholine rings is 1. The third-order valence-electron chi connectivity index (χ3n) is 5.38. The van der Waals surface area contributed by atoms with Crippen LogP contribution in [-0.2, 0) is 9.53 Å². The Bertz CT molecular complexity index is 814. The molecular formula is C21H24N2O3. The molecule has 0 aliphatic carbocycles. The van der Waals surface area contributed by atoms with Crippen molar-refractivity contribution < 1.29 is 14.3 Å². The summed E-state index contributed by atoms with van der Waals surface area (Å²) in [7, 11) is 0. The number of carbonyl (C=O) groups excluding carboxylic acids is 2. The number of benzene rings is 2. The molecule has 0 spiro atoms. The molecule has 2 aliphatic rings. The Labute approximate surface area is 153 Å². The van der Waals surface area contributed by atoms with E-state index in [0.29, 0.717) is 38.4 Å². The van der Waals surface area contributed by atoms with E-state index in [1.54, 1.807) is 0 Å². The summed E-state index contributed by atoms with van der Waals surface area (Å²) < 4.78 is 5.33. The highest BCUT2D eigenvalue weighted by Gasteiger charge is 2.32. The lowest BCUT2D eigenvalue weighted by molar-refractivity contribution is -0.141. The third-order valence-corrected chi connectivity index (χ3v) is 5.38. The quantitative estimate of drug-likeness (QED) is 0.835. The minimum atomic E-state index is -0.0914. The number of hydrogen-bond donors (Lipinski definition) is 0. The summed E-state index contributed by atoms with van der Waals surface area (Å²) in [5.41, 5.74) is 0.697. The molecule has 2 aromatic carbocycles. The predicted molar refractivity (Wildman–Crippen MR) is 100.0 cm³/mol. The fourth-order valence-corrected chi connectivity index (χ4v) is 3.91. The second-order valence-electron chi connectivity index (χ2n) is 7.09. The molecule has 0 radical (unpaired) electrons. The van der Waals surface area contributed by atoms with Crippen molar-refractivity contribution in [2.75, 3.05) is 39.4 Å². The maximum Gasteiger partial charge on any atom is 0.253 e. The van der Waals surface area contributed by atoms with Crippen LogP contribution in [0.15, 0.2) is 42.5 Å². The highest BCUT2D eigenvalue weighted by molar-refractivity contribution is 5.99. The smallest absolute Gasteiger partial charge is 0.253 e. The number of piperidine rings is 1. The van der Waals surface area contributed by atoms with Gasteiger partial charge in [0.05, 0.1) is 19.1 Å². The molecule has 4 rings (SSSR count). The summed E-state index contributed by atoms with van der Waals surface area (Å²) in [5, 5.41) is 2.19. The Balaban J connectivity index is 1.47. The fraction of sp³-hybridized carbons (Fsp3) is 0.429. The number of nitrogens with zero attached hydrogens (tertiary/aromatic N) is 2. The van der Waals surface area contributed by atoms with Crippen LogP contribution in [0.5, 0.6) is 0 Å². The van der Waals surface area contributed by atoms with Crippen LogP contribution in [0.25, 0.3) is 10.8 Å². The first-order valence-corrected chi connectivity index (χ1v) is 9.37. The summed E-state index contributed by atoms with van der Waals surface area (Å²) in [5.74, 6) is 0.103. The van der Waals surface area contributed by atoms with Gasteiger partial charge < -0.3 is 14.5 Å². The Morgan fingerprint density at radius 1 is 0.923 bits per heavy atom. The van der Waals surface area contributed by atoms with Crippen LogP contribution in [0.1, 0.15) is 23.2 Å². The number of fused-ring (bicyclic) bond motifs is 1. The molecule has 2 fully saturated rings. The van der Waals surface area contributed by atoms with Crippen molar-refractivity contribution in [2.24, 2.45) is 5.92 Å². The van der Waals surface area contributed by atoms with E-state index in [-0.39, 0.29) is 17.7 Å². The molecular weight excluding hydrogens is 328 g/mol. The zero-order valence-corrected chi connectivity index (χ0v) is 14.9. The van der Waals surface area contributed by atoms with Crippen molar-refractivity contribution >= 4 is 22.6 Å². The van der Waals surface area contributed by atoms with Gasteiger partial charge in [-0.3, -0.25) is 9.59 Å². The van der Waals surface area contributed by atoms with Crippen molar-refractivity contribution in [3.63, 3.8) is 0 Å². The van der Waals surface area contributed by atoms with E-state index in [9.17, 15) is 9.59 Å². The van der Waals surface area contributed by atoms with Crippen LogP contribution in [-0.4, -0.2) is 61.0 Å². The van der Waals surface area contributed by atoms with Gasteiger partial charge in [0.1, 0.15) is 0 Å². The van der Waals surface area contributed by atoms with Gasteiger partial charge in [0.25, 0.3) is 5.91 Å². The number of rotatable bonds is 2. The van der Waals surface area contributed by atoms with Crippen LogP contribution in [0.4, 0.5) is 0 Å². The van der Waals surface area contributed by atoms with Gasteiger partial charge in [0.15, 0.2) is 0 Å². The van der Waals surface area contributed by atoms with Crippen LogP contribution in [0.3, 0.4) is 0 Å². The highest BCUT2D eigenvalue weighted by Crippen LogP contribution is 2.23. The van der Waals surface area contributed by atoms with E-state index < -0.39 is 0 Å². The second kappa shape index (κ2) is 7.46. The maximum absolute atomic E-state index is 13.0. The van der Waals surface area contributed by atoms with Crippen molar-refractivity contribution in [3.05, 3.63) is 48.0 Å². The van der Waals surface area contributed by atoms with E-state index in [1.165, 1.54) is 0 Å². The molecule has 0 N–H and O–H groups in total. The predicted octanol–water partition coefficient (Wildman–Crippen LogP) is 2.55. The number of amides is 2. The van der Waals surface area contributed by atoms with Crippen molar-refractivity contribution in [2.45, 2.75) is 12.8 Å². The Morgan fingerprint density at radius 3 is 2.50 bits per heavy atom. The molecule has 2 saturated heterocycles. The molecule has 0 saturated carbocycles. The average molecular weight is 352 g/mol. The first-order chi connectivity index (χ1) is 12.7. The molecule has 0 bridgehead atoms. The summed E-state index contributed by atoms with van der Waals surface area (Å²) >= 11 is 0. The van der Waals surface area contributed by atoms with Gasteiger partial charge in [-0.25, -0.2) is 0 Å². The molecule has 5 heteroatoms. The van der Waals surface area contributed by atoms with Gasteiger partial charge in [-0.1, -0.05) is 30.3 Å². The van der Waals surface area contributed by atoms with Crippen LogP contribution < -0.4 is 0 Å². The standard InChI is InChI=1S/C21H24N2O3/c24-20(18-8-7-16-4-1-2-5-17(16)14-18)23-9-3-6-19(15-23)21(25)22-10-12-26-13-11-22/h1-2,4-5,7-8,14,19H,3,6,9-13,15H2. The number of likely N-dealkylation sites (tertiary alicyclic amines) is 1. The molecule has 5 nitrogen and oxygen atoms in total. The minimum Gasteiger partial charge on any atom is -0.378 e. The van der Waals surface area contributed by atoms with Gasteiger partial charge in [0, 0.05) is 31.7 Å². The van der Waals surface area contributed by atoms with Gasteiger partial charge in [0.2, 0.25) is 5.91 Å². The molecule has 2 amide bonds. The topological polar surface area (TPSA) is 49.9 Å². The summed E-state index contributed by atoms with van der Waals surface area (Å²) in [6.07, 6.45) is 1.73. The molecule has 26 heavy (non-hydrogen) atoms. The lowest BCUT2D eigenvalue weighted by Crippen LogP contribution is -2.49. The van der Waals surface area contributed by atoms with E-state index >= 15 is 0 Å². The average Bonchev–Trinajstić information content (AvgIpc) is 2.73. The molecule has 2 aromatic rings. The number of ether oxygens (including phenoxy) is 1. The van der Waals surface area contributed by atoms with Crippen LogP contribution in [0.2, 0.25) is 0 Å². The van der Waals surface area contributed by atoms with E-state index in [4.69, 9.17) is 4.74 Å². The number of carbonyl (C=O) groups is 2. The second-order valence-corrected chi connectivity index (χ2v) is 7.09. The van der Waals surface area contributed by atoms with Crippen LogP contribution in [0, 0.1) is 5.92 Å². The van der Waals surface area contributed by atoms with E-state index in [0.717, 1.165) is 30.2 Å². The fourth-order valence-electron chi connectivity index (χ4n) is 3.91. The van der Waals surface area contributed by atoms with E-state index in [2.05, 4.69) is 0 Å². The van der Waals surface area contributed by atoms with E-state index in [1.807, 2.05) is 52.3 Å². The van der Waals surface area contributed by atoms with Gasteiger partial charge in [-0.2, -0.15) is 0 Å². The third kappa shape index (κ3) is 3.44. The summed E-state index contributed by atoms with van der Waals surface area (Å²) in [6.45, 7) is 3.78. The molecule has 1 atom stereocenters. The zero-order chi connectivity index (χ0) is 17.9. The summed E-state index contributed by atoms with van der Waals surface area (Å²) in [4.78, 5) is 29.5. The molecule has 0 aromatic heterocycles. The van der Waals surface area contributed by atoms with Crippen LogP contribution >= 0.6 is 0 Å².